The molecule has 0 saturated carbocycles. The van der Waals surface area contributed by atoms with E-state index < -0.39 is 63.4 Å². The third kappa shape index (κ3) is 6.18. The summed E-state index contributed by atoms with van der Waals surface area (Å²) in [4.78, 5) is 25.3. The maximum Gasteiger partial charge on any atom is 0.417 e. The highest BCUT2D eigenvalue weighted by Gasteiger charge is 2.50. The molecule has 4 aliphatic rings. The number of nitrogens with one attached hydrogen (secondary N) is 1. The van der Waals surface area contributed by atoms with Crippen LogP contribution < -0.4 is 15.0 Å². The molecular formula is C36H34F6N6O4S. The second-order valence-electron chi connectivity index (χ2n) is 15.0. The first-order valence-electron chi connectivity index (χ1n) is 17.2. The molecule has 0 radical (unpaired) electrons. The summed E-state index contributed by atoms with van der Waals surface area (Å²) in [6.07, 6.45) is -5.00. The van der Waals surface area contributed by atoms with E-state index in [0.717, 1.165) is 24.6 Å². The zero-order valence-corrected chi connectivity index (χ0v) is 29.7. The molecule has 2 aromatic carbocycles. The largest absolute Gasteiger partial charge is 0.461 e. The molecular weight excluding hydrogens is 726 g/mol. The van der Waals surface area contributed by atoms with Gasteiger partial charge in [0.2, 0.25) is 0 Å². The molecule has 1 amide bonds. The molecule has 0 aliphatic carbocycles. The summed E-state index contributed by atoms with van der Waals surface area (Å²) < 4.78 is 109. The van der Waals surface area contributed by atoms with Gasteiger partial charge < -0.3 is 19.1 Å². The van der Waals surface area contributed by atoms with Gasteiger partial charge in [0.05, 0.1) is 40.1 Å². The molecule has 4 atom stereocenters. The maximum absolute atomic E-state index is 17.2. The van der Waals surface area contributed by atoms with Crippen LogP contribution in [0.25, 0.3) is 32.1 Å². The summed E-state index contributed by atoms with van der Waals surface area (Å²) in [5.74, 6) is -2.25. The summed E-state index contributed by atoms with van der Waals surface area (Å²) >= 11 is 0.607. The van der Waals surface area contributed by atoms with Crippen LogP contribution >= 0.6 is 11.3 Å². The van der Waals surface area contributed by atoms with E-state index in [-0.39, 0.29) is 69.6 Å². The molecule has 53 heavy (non-hydrogen) atoms. The number of alkyl halides is 4. The Hall–Kier alpha value is -4.40. The van der Waals surface area contributed by atoms with Gasteiger partial charge in [0.1, 0.15) is 46.6 Å². The number of nitrogens with zero attached hydrogens (tertiary/aromatic N) is 5. The van der Waals surface area contributed by atoms with Gasteiger partial charge in [0, 0.05) is 35.8 Å². The molecule has 6 heterocycles. The Morgan fingerprint density at radius 3 is 2.68 bits per heavy atom. The summed E-state index contributed by atoms with van der Waals surface area (Å²) in [6, 6.07) is 3.96. The number of carbonyl (C=O) groups is 1. The molecule has 8 rings (SSSR count). The number of ether oxygens (including phenoxy) is 3. The van der Waals surface area contributed by atoms with Gasteiger partial charge in [-0.05, 0) is 64.3 Å². The van der Waals surface area contributed by atoms with Crippen molar-refractivity contribution < 1.29 is 45.3 Å². The normalized spacial score (nSPS) is 24.3. The summed E-state index contributed by atoms with van der Waals surface area (Å²) in [6.45, 7) is 6.36. The average molecular weight is 761 g/mol. The van der Waals surface area contributed by atoms with E-state index in [1.807, 2.05) is 11.0 Å². The fourth-order valence-corrected chi connectivity index (χ4v) is 9.31. The topological polar surface area (TPSA) is 113 Å². The lowest BCUT2D eigenvalue weighted by atomic mass is 9.92. The minimum Gasteiger partial charge on any atom is -0.461 e. The third-order valence-electron chi connectivity index (χ3n) is 10.4. The molecule has 10 nitrogen and oxygen atoms in total. The van der Waals surface area contributed by atoms with Crippen molar-refractivity contribution in [1.29, 1.82) is 5.26 Å². The lowest BCUT2D eigenvalue weighted by molar-refractivity contribution is -0.137. The SMILES string of the molecule is CC(C)(C)OC(=O)Nc1sc2c(F)ccc(-c3c(C(F)(F)F)cc4c(N5C[C@H]6C[C@@H]5CO6)nc(OC[C@@]56CCCN5C[C@H](F)C6)nc4c3F)c2c1C#N. The van der Waals surface area contributed by atoms with Gasteiger partial charge in [-0.25, -0.2) is 18.0 Å². The Labute approximate surface area is 303 Å². The van der Waals surface area contributed by atoms with Crippen molar-refractivity contribution in [2.24, 2.45) is 0 Å². The van der Waals surface area contributed by atoms with Gasteiger partial charge in [-0.1, -0.05) is 6.07 Å². The number of hydrogen-bond acceptors (Lipinski definition) is 10. The number of nitriles is 1. The summed E-state index contributed by atoms with van der Waals surface area (Å²) in [5, 5.41) is 11.9. The predicted molar refractivity (Wildman–Crippen MR) is 184 cm³/mol. The lowest BCUT2D eigenvalue weighted by Gasteiger charge is -2.32. The maximum atomic E-state index is 17.2. The Kier molecular flexibility index (Phi) is 8.46. The van der Waals surface area contributed by atoms with Crippen molar-refractivity contribution in [2.75, 3.05) is 43.1 Å². The highest BCUT2D eigenvalue weighted by molar-refractivity contribution is 7.23. The van der Waals surface area contributed by atoms with E-state index in [2.05, 4.69) is 15.3 Å². The van der Waals surface area contributed by atoms with Crippen molar-refractivity contribution in [3.05, 3.63) is 41.0 Å². The van der Waals surface area contributed by atoms with Crippen LogP contribution in [0.3, 0.4) is 0 Å². The molecule has 1 N–H and O–H groups in total. The van der Waals surface area contributed by atoms with Crippen LogP contribution in [0, 0.1) is 23.0 Å². The van der Waals surface area contributed by atoms with E-state index in [4.69, 9.17) is 14.2 Å². The quantitative estimate of drug-likeness (QED) is 0.196. The zero-order chi connectivity index (χ0) is 37.6. The van der Waals surface area contributed by atoms with Crippen LogP contribution in [0.2, 0.25) is 0 Å². The number of benzene rings is 2. The molecule has 4 aromatic rings. The molecule has 2 bridgehead atoms. The van der Waals surface area contributed by atoms with Crippen molar-refractivity contribution in [2.45, 2.75) is 82.1 Å². The summed E-state index contributed by atoms with van der Waals surface area (Å²) in [7, 11) is 0. The van der Waals surface area contributed by atoms with E-state index in [9.17, 15) is 14.4 Å². The number of rotatable bonds is 6. The van der Waals surface area contributed by atoms with Crippen LogP contribution in [0.1, 0.15) is 57.6 Å². The predicted octanol–water partition coefficient (Wildman–Crippen LogP) is 7.96. The van der Waals surface area contributed by atoms with Gasteiger partial charge in [0.25, 0.3) is 0 Å². The number of hydrogen-bond donors (Lipinski definition) is 1. The second-order valence-corrected chi connectivity index (χ2v) is 16.1. The van der Waals surface area contributed by atoms with Crippen LogP contribution in [-0.2, 0) is 15.7 Å². The smallest absolute Gasteiger partial charge is 0.417 e. The van der Waals surface area contributed by atoms with Gasteiger partial charge in [0.15, 0.2) is 5.82 Å². The van der Waals surface area contributed by atoms with Crippen LogP contribution in [-0.4, -0.2) is 83.3 Å². The first-order chi connectivity index (χ1) is 25.0. The number of fused-ring (bicyclic) bond motifs is 5. The Morgan fingerprint density at radius 2 is 2.00 bits per heavy atom. The van der Waals surface area contributed by atoms with E-state index in [1.54, 1.807) is 25.7 Å². The van der Waals surface area contributed by atoms with Crippen LogP contribution in [0.4, 0.5) is 42.0 Å². The van der Waals surface area contributed by atoms with E-state index in [1.165, 1.54) is 0 Å². The van der Waals surface area contributed by atoms with Crippen molar-refractivity contribution in [3.63, 3.8) is 0 Å². The molecule has 0 spiro atoms. The molecule has 4 fully saturated rings. The molecule has 17 heteroatoms. The van der Waals surface area contributed by atoms with Crippen molar-refractivity contribution in [1.82, 2.24) is 14.9 Å². The fraction of sp³-hybridized carbons (Fsp3) is 0.500. The number of thiophene rings is 1. The number of anilines is 2. The number of amides is 1. The standard InChI is InChI=1S/C36H34F6N6O4S/c1-34(2,3)52-33(49)46-31-22(12-43)25-20(5-6-24(38)29(25)53-31)26-23(36(40,41)42)10-21-28(27(26)39)44-32(45-30(21)48-14-19-9-18(48)15-50-19)51-16-35-7-4-8-47(35)13-17(37)11-35/h5-6,10,17-19H,4,7-9,11,13-16H2,1-3H3,(H,46,49)/t17-,18-,19-,35+/m1/s1. The van der Waals surface area contributed by atoms with Gasteiger partial charge in [-0.15, -0.1) is 11.3 Å². The molecule has 4 saturated heterocycles. The zero-order valence-electron chi connectivity index (χ0n) is 28.9. The van der Waals surface area contributed by atoms with Crippen molar-refractivity contribution in [3.8, 4) is 23.2 Å². The molecule has 280 valence electrons. The summed E-state index contributed by atoms with van der Waals surface area (Å²) in [5.41, 5.74) is -5.20. The number of morpholine rings is 1. The minimum atomic E-state index is -5.14. The molecule has 0 unspecified atom stereocenters. The Balaban J connectivity index is 1.32. The number of aromatic nitrogens is 2. The van der Waals surface area contributed by atoms with Crippen LogP contribution in [0.15, 0.2) is 18.2 Å². The highest BCUT2D eigenvalue weighted by Crippen LogP contribution is 2.49. The first-order valence-corrected chi connectivity index (χ1v) is 18.0. The van der Waals surface area contributed by atoms with Crippen LogP contribution in [0.5, 0.6) is 6.01 Å². The van der Waals surface area contributed by atoms with Crippen molar-refractivity contribution >= 4 is 49.2 Å². The highest BCUT2D eigenvalue weighted by atomic mass is 32.1. The number of carbonyl (C=O) groups excluding carboxylic acids is 1. The lowest BCUT2D eigenvalue weighted by Crippen LogP contribution is -2.43. The monoisotopic (exact) mass is 760 g/mol. The van der Waals surface area contributed by atoms with E-state index >= 15 is 22.0 Å². The van der Waals surface area contributed by atoms with Gasteiger partial charge in [-0.3, -0.25) is 10.2 Å². The number of halogens is 6. The Bertz CT molecular complexity index is 2200. The Morgan fingerprint density at radius 1 is 1.21 bits per heavy atom. The second kappa shape index (κ2) is 12.6. The molecule has 4 aliphatic heterocycles. The van der Waals surface area contributed by atoms with Gasteiger partial charge >= 0.3 is 18.3 Å². The molecule has 2 aromatic heterocycles. The first kappa shape index (κ1) is 35.6. The fourth-order valence-electron chi connectivity index (χ4n) is 8.24. The minimum absolute atomic E-state index is 0.00488. The third-order valence-corrected chi connectivity index (χ3v) is 11.5. The average Bonchev–Trinajstić information content (AvgIpc) is 3.90. The van der Waals surface area contributed by atoms with Gasteiger partial charge in [-0.2, -0.15) is 28.4 Å². The van der Waals surface area contributed by atoms with E-state index in [0.29, 0.717) is 43.9 Å².